The Morgan fingerprint density at radius 1 is 1.25 bits per heavy atom. The van der Waals surface area contributed by atoms with Crippen LogP contribution < -0.4 is 10.0 Å². The van der Waals surface area contributed by atoms with Gasteiger partial charge in [-0.05, 0) is 52.8 Å². The first-order chi connectivity index (χ1) is 9.53. The highest BCUT2D eigenvalue weighted by Gasteiger charge is 2.18. The van der Waals surface area contributed by atoms with E-state index in [9.17, 15) is 8.42 Å². The van der Waals surface area contributed by atoms with Gasteiger partial charge in [0.15, 0.2) is 0 Å². The number of nitrogens with zero attached hydrogens (tertiary/aromatic N) is 1. The molecule has 2 rings (SSSR count). The predicted molar refractivity (Wildman–Crippen MR) is 82.0 cm³/mol. The van der Waals surface area contributed by atoms with Gasteiger partial charge in [0.2, 0.25) is 0 Å². The van der Waals surface area contributed by atoms with Gasteiger partial charge in [-0.3, -0.25) is 4.72 Å². The highest BCUT2D eigenvalue weighted by atomic mass is 79.9. The highest BCUT2D eigenvalue weighted by molar-refractivity contribution is 9.10. The van der Waals surface area contributed by atoms with Crippen molar-refractivity contribution in [2.24, 2.45) is 0 Å². The average molecular weight is 356 g/mol. The van der Waals surface area contributed by atoms with Crippen molar-refractivity contribution in [2.45, 2.75) is 11.4 Å². The first-order valence-electron chi connectivity index (χ1n) is 5.90. The third-order valence-corrected chi connectivity index (χ3v) is 4.92. The van der Waals surface area contributed by atoms with E-state index >= 15 is 0 Å². The second-order valence-electron chi connectivity index (χ2n) is 4.12. The Kier molecular flexibility index (Phi) is 4.74. The number of rotatable bonds is 5. The number of nitrogens with one attached hydrogen (secondary N) is 2. The zero-order valence-corrected chi connectivity index (χ0v) is 13.2. The van der Waals surface area contributed by atoms with Crippen LogP contribution in [0.15, 0.2) is 52.0 Å². The molecule has 0 radical (unpaired) electrons. The molecule has 20 heavy (non-hydrogen) atoms. The van der Waals surface area contributed by atoms with Crippen LogP contribution >= 0.6 is 15.9 Å². The monoisotopic (exact) mass is 355 g/mol. The van der Waals surface area contributed by atoms with E-state index < -0.39 is 10.0 Å². The zero-order chi connectivity index (χ0) is 14.6. The second kappa shape index (κ2) is 6.34. The van der Waals surface area contributed by atoms with Crippen LogP contribution in [-0.2, 0) is 16.6 Å². The molecule has 0 aliphatic heterocycles. The fourth-order valence-corrected chi connectivity index (χ4v) is 3.71. The Labute approximate surface area is 126 Å². The van der Waals surface area contributed by atoms with E-state index in [1.54, 1.807) is 30.3 Å². The SMILES string of the molecule is CNCc1ccc(Br)c(S(=O)(=O)Nc2ccccn2)c1. The molecular weight excluding hydrogens is 342 g/mol. The Morgan fingerprint density at radius 3 is 2.70 bits per heavy atom. The molecule has 1 aromatic heterocycles. The quantitative estimate of drug-likeness (QED) is 0.863. The fraction of sp³-hybridized carbons (Fsp3) is 0.154. The lowest BCUT2D eigenvalue weighted by Crippen LogP contribution is -2.15. The maximum atomic E-state index is 12.4. The van der Waals surface area contributed by atoms with Gasteiger partial charge in [0.1, 0.15) is 10.7 Å². The first kappa shape index (κ1) is 15.0. The summed E-state index contributed by atoms with van der Waals surface area (Å²) in [5, 5.41) is 2.99. The van der Waals surface area contributed by atoms with Crippen molar-refractivity contribution in [1.29, 1.82) is 0 Å². The molecule has 0 aliphatic rings. The molecule has 0 unspecified atom stereocenters. The van der Waals surface area contributed by atoms with Crippen LogP contribution in [-0.4, -0.2) is 20.4 Å². The van der Waals surface area contributed by atoms with Gasteiger partial charge in [-0.15, -0.1) is 0 Å². The van der Waals surface area contributed by atoms with Crippen molar-refractivity contribution in [1.82, 2.24) is 10.3 Å². The Bertz CT molecular complexity index is 690. The molecule has 2 aromatic rings. The van der Waals surface area contributed by atoms with Crippen molar-refractivity contribution in [3.63, 3.8) is 0 Å². The third kappa shape index (κ3) is 3.56. The lowest BCUT2D eigenvalue weighted by Gasteiger charge is -2.10. The number of pyridine rings is 1. The maximum absolute atomic E-state index is 12.4. The fourth-order valence-electron chi connectivity index (χ4n) is 1.68. The van der Waals surface area contributed by atoms with Crippen LogP contribution in [0, 0.1) is 0 Å². The number of aromatic nitrogens is 1. The zero-order valence-electron chi connectivity index (χ0n) is 10.8. The van der Waals surface area contributed by atoms with E-state index in [2.05, 4.69) is 31.0 Å². The molecule has 0 atom stereocenters. The van der Waals surface area contributed by atoms with Crippen molar-refractivity contribution in [3.8, 4) is 0 Å². The molecule has 7 heteroatoms. The topological polar surface area (TPSA) is 71.1 Å². The Morgan fingerprint density at radius 2 is 2.05 bits per heavy atom. The molecular formula is C13H14BrN3O2S. The summed E-state index contributed by atoms with van der Waals surface area (Å²) in [6.45, 7) is 0.597. The minimum atomic E-state index is -3.67. The molecule has 0 amide bonds. The predicted octanol–water partition coefficient (Wildman–Crippen LogP) is 2.36. The van der Waals surface area contributed by atoms with Crippen LogP contribution in [0.4, 0.5) is 5.82 Å². The smallest absolute Gasteiger partial charge is 0.264 e. The summed E-state index contributed by atoms with van der Waals surface area (Å²) in [7, 11) is -1.86. The summed E-state index contributed by atoms with van der Waals surface area (Å²) in [5.41, 5.74) is 0.886. The second-order valence-corrected chi connectivity index (χ2v) is 6.62. The minimum Gasteiger partial charge on any atom is -0.316 e. The van der Waals surface area contributed by atoms with Crippen molar-refractivity contribution in [3.05, 3.63) is 52.6 Å². The van der Waals surface area contributed by atoms with E-state index in [-0.39, 0.29) is 4.90 Å². The van der Waals surface area contributed by atoms with Crippen LogP contribution in [0.25, 0.3) is 0 Å². The summed E-state index contributed by atoms with van der Waals surface area (Å²) >= 11 is 3.27. The molecule has 5 nitrogen and oxygen atoms in total. The Hall–Kier alpha value is -1.44. The summed E-state index contributed by atoms with van der Waals surface area (Å²) in [4.78, 5) is 4.15. The number of halogens is 1. The lowest BCUT2D eigenvalue weighted by atomic mass is 10.2. The van der Waals surface area contributed by atoms with Crippen LogP contribution in [0.5, 0.6) is 0 Å². The molecule has 0 fully saturated rings. The van der Waals surface area contributed by atoms with Crippen molar-refractivity contribution < 1.29 is 8.42 Å². The molecule has 0 bridgehead atoms. The Balaban J connectivity index is 2.36. The highest BCUT2D eigenvalue weighted by Crippen LogP contribution is 2.25. The molecule has 1 heterocycles. The molecule has 1 aromatic carbocycles. The van der Waals surface area contributed by atoms with Crippen LogP contribution in [0.2, 0.25) is 0 Å². The van der Waals surface area contributed by atoms with Gasteiger partial charge in [-0.25, -0.2) is 13.4 Å². The van der Waals surface area contributed by atoms with Gasteiger partial charge in [-0.2, -0.15) is 0 Å². The van der Waals surface area contributed by atoms with Gasteiger partial charge in [0.25, 0.3) is 10.0 Å². The van der Waals surface area contributed by atoms with E-state index in [1.807, 2.05) is 13.1 Å². The molecule has 0 spiro atoms. The van der Waals surface area contributed by atoms with Gasteiger partial charge < -0.3 is 5.32 Å². The van der Waals surface area contributed by atoms with Gasteiger partial charge in [0, 0.05) is 17.2 Å². The first-order valence-corrected chi connectivity index (χ1v) is 8.17. The number of sulfonamides is 1. The third-order valence-electron chi connectivity index (χ3n) is 2.57. The molecule has 106 valence electrons. The molecule has 2 N–H and O–H groups in total. The largest absolute Gasteiger partial charge is 0.316 e. The summed E-state index contributed by atoms with van der Waals surface area (Å²) in [6.07, 6.45) is 1.53. The minimum absolute atomic E-state index is 0.191. The number of hydrogen-bond donors (Lipinski definition) is 2. The van der Waals surface area contributed by atoms with Crippen LogP contribution in [0.1, 0.15) is 5.56 Å². The summed E-state index contributed by atoms with van der Waals surface area (Å²) in [5.74, 6) is 0.290. The maximum Gasteiger partial charge on any atom is 0.264 e. The summed E-state index contributed by atoms with van der Waals surface area (Å²) in [6, 6.07) is 10.3. The van der Waals surface area contributed by atoms with Gasteiger partial charge >= 0.3 is 0 Å². The van der Waals surface area contributed by atoms with Gasteiger partial charge in [-0.1, -0.05) is 12.1 Å². The molecule has 0 saturated carbocycles. The van der Waals surface area contributed by atoms with E-state index in [4.69, 9.17) is 0 Å². The summed E-state index contributed by atoms with van der Waals surface area (Å²) < 4.78 is 27.7. The van der Waals surface area contributed by atoms with Crippen molar-refractivity contribution in [2.75, 3.05) is 11.8 Å². The average Bonchev–Trinajstić information content (AvgIpc) is 2.42. The van der Waals surface area contributed by atoms with E-state index in [0.717, 1.165) is 5.56 Å². The number of hydrogen-bond acceptors (Lipinski definition) is 4. The standard InChI is InChI=1S/C13H14BrN3O2S/c1-15-9-10-5-6-11(14)12(8-10)20(18,19)17-13-4-2-3-7-16-13/h2-8,15H,9H2,1H3,(H,16,17). The van der Waals surface area contributed by atoms with E-state index in [0.29, 0.717) is 16.8 Å². The van der Waals surface area contributed by atoms with Crippen LogP contribution in [0.3, 0.4) is 0 Å². The van der Waals surface area contributed by atoms with Gasteiger partial charge in [0.05, 0.1) is 0 Å². The van der Waals surface area contributed by atoms with E-state index in [1.165, 1.54) is 6.20 Å². The van der Waals surface area contributed by atoms with Crippen molar-refractivity contribution >= 4 is 31.8 Å². The lowest BCUT2D eigenvalue weighted by molar-refractivity contribution is 0.600. The normalized spacial score (nSPS) is 11.3. The number of anilines is 1. The molecule has 0 saturated heterocycles. The molecule has 0 aliphatic carbocycles. The number of benzene rings is 1.